The summed E-state index contributed by atoms with van der Waals surface area (Å²) < 4.78 is 2.09. The second kappa shape index (κ2) is 6.20. The summed E-state index contributed by atoms with van der Waals surface area (Å²) in [5.74, 6) is 0.489. The molecule has 4 aromatic rings. The van der Waals surface area contributed by atoms with Gasteiger partial charge in [0, 0.05) is 24.3 Å². The molecule has 4 rings (SSSR count). The van der Waals surface area contributed by atoms with E-state index in [1.165, 1.54) is 16.3 Å². The van der Waals surface area contributed by atoms with Crippen LogP contribution in [0.3, 0.4) is 0 Å². The molecule has 4 nitrogen and oxygen atoms in total. The van der Waals surface area contributed by atoms with Crippen LogP contribution in [0.2, 0.25) is 0 Å². The monoisotopic (exact) mass is 331 g/mol. The molecule has 0 aliphatic rings. The normalized spacial score (nSPS) is 11.6. The smallest absolute Gasteiger partial charge is 0.273 e. The van der Waals surface area contributed by atoms with Crippen molar-refractivity contribution >= 4 is 21.5 Å². The van der Waals surface area contributed by atoms with Crippen molar-refractivity contribution < 1.29 is 0 Å². The van der Waals surface area contributed by atoms with Gasteiger partial charge >= 0.3 is 0 Å². The number of hydrogen-bond acceptors (Lipinski definition) is 2. The minimum atomic E-state index is -0.126. The SMILES string of the molecule is CC(C)Cc1n[nH]c(=O)c2cn(Cc3cccc4ccccc34)cc12. The molecule has 0 atom stereocenters. The van der Waals surface area contributed by atoms with E-state index in [-0.39, 0.29) is 5.56 Å². The van der Waals surface area contributed by atoms with Gasteiger partial charge in [-0.05, 0) is 28.7 Å². The Bertz CT molecular complexity index is 1100. The van der Waals surface area contributed by atoms with E-state index >= 15 is 0 Å². The number of nitrogens with zero attached hydrogens (tertiary/aromatic N) is 2. The fraction of sp³-hybridized carbons (Fsp3) is 0.238. The fourth-order valence-electron chi connectivity index (χ4n) is 3.42. The third-order valence-corrected chi connectivity index (χ3v) is 4.56. The number of rotatable bonds is 4. The highest BCUT2D eigenvalue weighted by molar-refractivity contribution is 5.86. The van der Waals surface area contributed by atoms with Crippen molar-refractivity contribution in [2.75, 3.05) is 0 Å². The molecule has 0 bridgehead atoms. The van der Waals surface area contributed by atoms with E-state index in [2.05, 4.69) is 77.3 Å². The Labute approximate surface area is 146 Å². The van der Waals surface area contributed by atoms with E-state index in [0.717, 1.165) is 24.0 Å². The topological polar surface area (TPSA) is 50.7 Å². The number of aromatic amines is 1. The highest BCUT2D eigenvalue weighted by Gasteiger charge is 2.11. The number of aromatic nitrogens is 3. The molecule has 4 heteroatoms. The maximum atomic E-state index is 12.2. The van der Waals surface area contributed by atoms with Crippen molar-refractivity contribution in [1.82, 2.24) is 14.8 Å². The summed E-state index contributed by atoms with van der Waals surface area (Å²) in [7, 11) is 0. The Kier molecular flexibility index (Phi) is 3.88. The molecule has 0 radical (unpaired) electrons. The van der Waals surface area contributed by atoms with Crippen LogP contribution in [0.25, 0.3) is 21.5 Å². The van der Waals surface area contributed by atoms with Gasteiger partial charge < -0.3 is 4.57 Å². The van der Waals surface area contributed by atoms with Gasteiger partial charge in [-0.15, -0.1) is 0 Å². The predicted octanol–water partition coefficient (Wildman–Crippen LogP) is 4.12. The van der Waals surface area contributed by atoms with Crippen LogP contribution in [0, 0.1) is 5.92 Å². The zero-order valence-electron chi connectivity index (χ0n) is 14.5. The van der Waals surface area contributed by atoms with Gasteiger partial charge in [-0.2, -0.15) is 5.10 Å². The second-order valence-electron chi connectivity index (χ2n) is 6.99. The van der Waals surface area contributed by atoms with Crippen LogP contribution in [0.5, 0.6) is 0 Å². The Balaban J connectivity index is 1.79. The van der Waals surface area contributed by atoms with Crippen molar-refractivity contribution in [3.63, 3.8) is 0 Å². The van der Waals surface area contributed by atoms with Gasteiger partial charge in [-0.1, -0.05) is 56.3 Å². The molecule has 0 aliphatic carbocycles. The quantitative estimate of drug-likeness (QED) is 0.611. The number of nitrogens with one attached hydrogen (secondary N) is 1. The largest absolute Gasteiger partial charge is 0.348 e. The Morgan fingerprint density at radius 2 is 1.76 bits per heavy atom. The molecule has 0 saturated heterocycles. The maximum Gasteiger partial charge on any atom is 0.273 e. The fourth-order valence-corrected chi connectivity index (χ4v) is 3.42. The Hall–Kier alpha value is -2.88. The van der Waals surface area contributed by atoms with Crippen molar-refractivity contribution in [3.8, 4) is 0 Å². The molecule has 0 spiro atoms. The van der Waals surface area contributed by atoms with E-state index in [9.17, 15) is 4.79 Å². The van der Waals surface area contributed by atoms with Crippen molar-refractivity contribution in [2.45, 2.75) is 26.8 Å². The molecule has 0 unspecified atom stereocenters. The third-order valence-electron chi connectivity index (χ3n) is 4.56. The van der Waals surface area contributed by atoms with Crippen LogP contribution in [-0.2, 0) is 13.0 Å². The summed E-state index contributed by atoms with van der Waals surface area (Å²) >= 11 is 0. The van der Waals surface area contributed by atoms with Crippen LogP contribution in [0.1, 0.15) is 25.1 Å². The zero-order chi connectivity index (χ0) is 17.4. The van der Waals surface area contributed by atoms with Gasteiger partial charge in [0.2, 0.25) is 0 Å². The second-order valence-corrected chi connectivity index (χ2v) is 6.99. The van der Waals surface area contributed by atoms with Crippen LogP contribution >= 0.6 is 0 Å². The van der Waals surface area contributed by atoms with Crippen LogP contribution in [-0.4, -0.2) is 14.8 Å². The average molecular weight is 331 g/mol. The average Bonchev–Trinajstić information content (AvgIpc) is 3.02. The van der Waals surface area contributed by atoms with Gasteiger partial charge in [0.1, 0.15) is 0 Å². The Morgan fingerprint density at radius 1 is 1.00 bits per heavy atom. The van der Waals surface area contributed by atoms with Crippen LogP contribution < -0.4 is 5.56 Å². The number of benzene rings is 2. The first kappa shape index (κ1) is 15.6. The molecule has 2 aromatic heterocycles. The van der Waals surface area contributed by atoms with Crippen LogP contribution in [0.4, 0.5) is 0 Å². The van der Waals surface area contributed by atoms with Crippen LogP contribution in [0.15, 0.2) is 59.7 Å². The van der Waals surface area contributed by atoms with E-state index in [4.69, 9.17) is 0 Å². The summed E-state index contributed by atoms with van der Waals surface area (Å²) in [6.07, 6.45) is 4.84. The van der Waals surface area contributed by atoms with E-state index in [1.54, 1.807) is 0 Å². The summed E-state index contributed by atoms with van der Waals surface area (Å²) in [5.41, 5.74) is 2.08. The highest BCUT2D eigenvalue weighted by atomic mass is 16.1. The minimum Gasteiger partial charge on any atom is -0.348 e. The van der Waals surface area contributed by atoms with Gasteiger partial charge in [0.25, 0.3) is 5.56 Å². The number of hydrogen-bond donors (Lipinski definition) is 1. The minimum absolute atomic E-state index is 0.126. The van der Waals surface area contributed by atoms with E-state index in [0.29, 0.717) is 11.3 Å². The molecule has 0 saturated carbocycles. The Morgan fingerprint density at radius 3 is 2.60 bits per heavy atom. The van der Waals surface area contributed by atoms with E-state index in [1.807, 2.05) is 6.20 Å². The molecule has 126 valence electrons. The molecular formula is C21H21N3O. The first-order valence-corrected chi connectivity index (χ1v) is 8.65. The van der Waals surface area contributed by atoms with Crippen molar-refractivity contribution in [1.29, 1.82) is 0 Å². The molecule has 1 N–H and O–H groups in total. The lowest BCUT2D eigenvalue weighted by Gasteiger charge is -2.07. The predicted molar refractivity (Wildman–Crippen MR) is 102 cm³/mol. The lowest BCUT2D eigenvalue weighted by atomic mass is 10.0. The zero-order valence-corrected chi connectivity index (χ0v) is 14.5. The van der Waals surface area contributed by atoms with Crippen molar-refractivity contribution in [3.05, 3.63) is 76.5 Å². The lowest BCUT2D eigenvalue weighted by molar-refractivity contribution is 0.631. The summed E-state index contributed by atoms with van der Waals surface area (Å²) in [4.78, 5) is 12.2. The molecule has 0 fully saturated rings. The molecule has 25 heavy (non-hydrogen) atoms. The standard InChI is InChI=1S/C21H21N3O/c1-14(2)10-20-18-12-24(13-19(18)21(25)23-22-20)11-16-8-5-7-15-6-3-4-9-17(15)16/h3-9,12-14H,10-11H2,1-2H3,(H,23,25). The van der Waals surface area contributed by atoms with E-state index < -0.39 is 0 Å². The number of H-pyrrole nitrogens is 1. The molecular weight excluding hydrogens is 310 g/mol. The third kappa shape index (κ3) is 2.95. The molecule has 0 amide bonds. The molecule has 2 aromatic carbocycles. The first-order chi connectivity index (χ1) is 12.1. The van der Waals surface area contributed by atoms with Crippen molar-refractivity contribution in [2.24, 2.45) is 5.92 Å². The summed E-state index contributed by atoms with van der Waals surface area (Å²) in [5, 5.41) is 11.1. The summed E-state index contributed by atoms with van der Waals surface area (Å²) in [6, 6.07) is 14.7. The lowest BCUT2D eigenvalue weighted by Crippen LogP contribution is -2.11. The maximum absolute atomic E-state index is 12.2. The van der Waals surface area contributed by atoms with Gasteiger partial charge in [0.15, 0.2) is 0 Å². The van der Waals surface area contributed by atoms with Gasteiger partial charge in [-0.3, -0.25) is 4.79 Å². The van der Waals surface area contributed by atoms with Gasteiger partial charge in [-0.25, -0.2) is 5.10 Å². The van der Waals surface area contributed by atoms with Gasteiger partial charge in [0.05, 0.1) is 11.1 Å². The molecule has 0 aliphatic heterocycles. The first-order valence-electron chi connectivity index (χ1n) is 8.65. The highest BCUT2D eigenvalue weighted by Crippen LogP contribution is 2.22. The molecule has 2 heterocycles. The summed E-state index contributed by atoms with van der Waals surface area (Å²) in [6.45, 7) is 5.05. The number of fused-ring (bicyclic) bond motifs is 2.